The van der Waals surface area contributed by atoms with Crippen LogP contribution >= 0.6 is 0 Å². The van der Waals surface area contributed by atoms with Gasteiger partial charge in [0.1, 0.15) is 0 Å². The smallest absolute Gasteiger partial charge is 0.308 e. The van der Waals surface area contributed by atoms with Crippen molar-refractivity contribution in [3.63, 3.8) is 0 Å². The third-order valence-electron chi connectivity index (χ3n) is 2.44. The summed E-state index contributed by atoms with van der Waals surface area (Å²) in [6.45, 7) is 5.94. The number of carbonyl (C=O) groups is 1. The van der Waals surface area contributed by atoms with Gasteiger partial charge in [0.15, 0.2) is 0 Å². The van der Waals surface area contributed by atoms with Crippen LogP contribution in [0.2, 0.25) is 0 Å². The van der Waals surface area contributed by atoms with Crippen molar-refractivity contribution >= 4 is 5.97 Å². The fourth-order valence-corrected chi connectivity index (χ4v) is 1.61. The van der Waals surface area contributed by atoms with Gasteiger partial charge in [-0.2, -0.15) is 0 Å². The Morgan fingerprint density at radius 3 is 2.81 bits per heavy atom. The number of ether oxygens (including phenoxy) is 2. The predicted octanol–water partition coefficient (Wildman–Crippen LogP) is 0.0228. The van der Waals surface area contributed by atoms with Crippen LogP contribution in [0.25, 0.3) is 0 Å². The van der Waals surface area contributed by atoms with Crippen molar-refractivity contribution in [3.8, 4) is 0 Å². The van der Waals surface area contributed by atoms with Gasteiger partial charge in [0, 0.05) is 19.6 Å². The Hall–Kier alpha value is -0.650. The molecule has 0 spiro atoms. The van der Waals surface area contributed by atoms with E-state index in [0.717, 1.165) is 19.5 Å². The quantitative estimate of drug-likeness (QED) is 0.653. The van der Waals surface area contributed by atoms with Crippen LogP contribution in [0.3, 0.4) is 0 Å². The Morgan fingerprint density at radius 2 is 2.19 bits per heavy atom. The number of rotatable bonds is 6. The standard InChI is InChI=1S/C11H21NO4/c1-2-5-16-11(14)8-10(13)9-12-3-6-15-7-4-12/h10,13H,2-9H2,1H3. The highest BCUT2D eigenvalue weighted by molar-refractivity contribution is 5.69. The second kappa shape index (κ2) is 7.60. The van der Waals surface area contributed by atoms with E-state index < -0.39 is 6.10 Å². The first-order valence-corrected chi connectivity index (χ1v) is 5.86. The van der Waals surface area contributed by atoms with Crippen molar-refractivity contribution in [2.45, 2.75) is 25.9 Å². The van der Waals surface area contributed by atoms with E-state index >= 15 is 0 Å². The summed E-state index contributed by atoms with van der Waals surface area (Å²) in [4.78, 5) is 13.3. The summed E-state index contributed by atoms with van der Waals surface area (Å²) in [5, 5.41) is 9.69. The van der Waals surface area contributed by atoms with E-state index in [-0.39, 0.29) is 12.4 Å². The summed E-state index contributed by atoms with van der Waals surface area (Å²) in [5.41, 5.74) is 0. The molecule has 0 aromatic rings. The summed E-state index contributed by atoms with van der Waals surface area (Å²) in [6.07, 6.45) is 0.255. The summed E-state index contributed by atoms with van der Waals surface area (Å²) < 4.78 is 10.1. The molecule has 0 bridgehead atoms. The average Bonchev–Trinajstić information content (AvgIpc) is 2.27. The molecule has 16 heavy (non-hydrogen) atoms. The van der Waals surface area contributed by atoms with Gasteiger partial charge < -0.3 is 14.6 Å². The van der Waals surface area contributed by atoms with Gasteiger partial charge in [-0.1, -0.05) is 6.92 Å². The highest BCUT2D eigenvalue weighted by Crippen LogP contribution is 2.02. The van der Waals surface area contributed by atoms with Crippen LogP contribution in [-0.4, -0.2) is 61.5 Å². The molecule has 1 aliphatic heterocycles. The number of hydrogen-bond acceptors (Lipinski definition) is 5. The molecule has 94 valence electrons. The summed E-state index contributed by atoms with van der Waals surface area (Å²) in [5.74, 6) is -0.317. The summed E-state index contributed by atoms with van der Waals surface area (Å²) in [7, 11) is 0. The third kappa shape index (κ3) is 5.44. The molecule has 1 aliphatic rings. The van der Waals surface area contributed by atoms with Gasteiger partial charge in [-0.15, -0.1) is 0 Å². The van der Waals surface area contributed by atoms with Gasteiger partial charge in [-0.05, 0) is 6.42 Å². The number of morpholine rings is 1. The number of aliphatic hydroxyl groups excluding tert-OH is 1. The molecule has 0 saturated carbocycles. The van der Waals surface area contributed by atoms with Gasteiger partial charge in [0.25, 0.3) is 0 Å². The number of esters is 1. The monoisotopic (exact) mass is 231 g/mol. The SMILES string of the molecule is CCCOC(=O)CC(O)CN1CCOCC1. The van der Waals surface area contributed by atoms with Crippen molar-refractivity contribution in [1.29, 1.82) is 0 Å². The Kier molecular flexibility index (Phi) is 6.37. The maximum absolute atomic E-state index is 11.2. The maximum Gasteiger partial charge on any atom is 0.308 e. The lowest BCUT2D eigenvalue weighted by Crippen LogP contribution is -2.41. The minimum Gasteiger partial charge on any atom is -0.466 e. The molecular weight excluding hydrogens is 210 g/mol. The highest BCUT2D eigenvalue weighted by Gasteiger charge is 2.17. The maximum atomic E-state index is 11.2. The van der Waals surface area contributed by atoms with E-state index in [1.54, 1.807) is 0 Å². The van der Waals surface area contributed by atoms with Crippen LogP contribution in [0, 0.1) is 0 Å². The van der Waals surface area contributed by atoms with Crippen LogP contribution in [0.5, 0.6) is 0 Å². The molecule has 1 N–H and O–H groups in total. The number of β-amino-alcohol motifs (C(OH)–C–C–N with tert-alkyl or cyclic N) is 1. The van der Waals surface area contributed by atoms with Crippen LogP contribution in [-0.2, 0) is 14.3 Å². The molecule has 1 rings (SSSR count). The minimum absolute atomic E-state index is 0.0807. The molecule has 0 amide bonds. The first-order chi connectivity index (χ1) is 7.72. The lowest BCUT2D eigenvalue weighted by Gasteiger charge is -2.28. The molecule has 5 heteroatoms. The van der Waals surface area contributed by atoms with Gasteiger partial charge >= 0.3 is 5.97 Å². The molecule has 1 atom stereocenters. The normalized spacial score (nSPS) is 19.4. The fourth-order valence-electron chi connectivity index (χ4n) is 1.61. The van der Waals surface area contributed by atoms with Gasteiger partial charge in [0.2, 0.25) is 0 Å². The van der Waals surface area contributed by atoms with E-state index in [2.05, 4.69) is 4.90 Å². The van der Waals surface area contributed by atoms with Crippen molar-refractivity contribution in [3.05, 3.63) is 0 Å². The summed E-state index contributed by atoms with van der Waals surface area (Å²) >= 11 is 0. The zero-order valence-electron chi connectivity index (χ0n) is 9.85. The Bertz CT molecular complexity index is 204. The lowest BCUT2D eigenvalue weighted by atomic mass is 10.2. The molecular formula is C11H21NO4. The summed E-state index contributed by atoms with van der Waals surface area (Å²) in [6, 6.07) is 0. The lowest BCUT2D eigenvalue weighted by molar-refractivity contribution is -0.146. The molecule has 0 aromatic heterocycles. The zero-order chi connectivity index (χ0) is 11.8. The predicted molar refractivity (Wildman–Crippen MR) is 59.1 cm³/mol. The molecule has 1 unspecified atom stereocenters. The van der Waals surface area contributed by atoms with Gasteiger partial charge in [0.05, 0.1) is 32.3 Å². The molecule has 0 aliphatic carbocycles. The van der Waals surface area contributed by atoms with Gasteiger partial charge in [-0.3, -0.25) is 9.69 Å². The van der Waals surface area contributed by atoms with E-state index in [4.69, 9.17) is 9.47 Å². The second-order valence-corrected chi connectivity index (χ2v) is 3.99. The largest absolute Gasteiger partial charge is 0.466 e. The van der Waals surface area contributed by atoms with E-state index in [1.165, 1.54) is 0 Å². The Morgan fingerprint density at radius 1 is 1.50 bits per heavy atom. The first kappa shape index (κ1) is 13.4. The van der Waals surface area contributed by atoms with Crippen molar-refractivity contribution in [2.24, 2.45) is 0 Å². The molecule has 0 radical (unpaired) electrons. The van der Waals surface area contributed by atoms with Crippen LogP contribution < -0.4 is 0 Å². The number of aliphatic hydroxyl groups is 1. The van der Waals surface area contributed by atoms with Crippen LogP contribution in [0.4, 0.5) is 0 Å². The number of hydrogen-bond donors (Lipinski definition) is 1. The Labute approximate surface area is 96.3 Å². The van der Waals surface area contributed by atoms with Gasteiger partial charge in [-0.25, -0.2) is 0 Å². The van der Waals surface area contributed by atoms with E-state index in [1.807, 2.05) is 6.92 Å². The van der Waals surface area contributed by atoms with E-state index in [9.17, 15) is 9.90 Å². The van der Waals surface area contributed by atoms with E-state index in [0.29, 0.717) is 26.4 Å². The fraction of sp³-hybridized carbons (Fsp3) is 0.909. The second-order valence-electron chi connectivity index (χ2n) is 3.99. The number of carbonyl (C=O) groups excluding carboxylic acids is 1. The zero-order valence-corrected chi connectivity index (χ0v) is 9.85. The molecule has 1 fully saturated rings. The first-order valence-electron chi connectivity index (χ1n) is 5.86. The molecule has 0 aromatic carbocycles. The third-order valence-corrected chi connectivity index (χ3v) is 2.44. The average molecular weight is 231 g/mol. The van der Waals surface area contributed by atoms with Crippen LogP contribution in [0.15, 0.2) is 0 Å². The minimum atomic E-state index is -0.637. The molecule has 1 saturated heterocycles. The highest BCUT2D eigenvalue weighted by atomic mass is 16.5. The van der Waals surface area contributed by atoms with Crippen molar-refractivity contribution in [2.75, 3.05) is 39.5 Å². The van der Waals surface area contributed by atoms with Crippen LogP contribution in [0.1, 0.15) is 19.8 Å². The number of nitrogens with zero attached hydrogens (tertiary/aromatic N) is 1. The van der Waals surface area contributed by atoms with Crippen molar-refractivity contribution < 1.29 is 19.4 Å². The topological polar surface area (TPSA) is 59.0 Å². The van der Waals surface area contributed by atoms with Crippen molar-refractivity contribution in [1.82, 2.24) is 4.90 Å². The Balaban J connectivity index is 2.13. The molecule has 5 nitrogen and oxygen atoms in total. The molecule has 1 heterocycles.